The third-order valence-corrected chi connectivity index (χ3v) is 3.51. The quantitative estimate of drug-likeness (QED) is 0.694. The number of ether oxygens (including phenoxy) is 1. The van der Waals surface area contributed by atoms with Gasteiger partial charge in [-0.25, -0.2) is 0 Å². The van der Waals surface area contributed by atoms with E-state index in [1.165, 1.54) is 44.1 Å². The molecule has 0 radical (unpaired) electrons. The molecule has 1 unspecified atom stereocenters. The normalized spacial score (nSPS) is 34.2. The Morgan fingerprint density at radius 3 is 3.00 bits per heavy atom. The Hall–Kier alpha value is -0.500. The van der Waals surface area contributed by atoms with E-state index in [1.54, 1.807) is 0 Å². The van der Waals surface area contributed by atoms with E-state index in [9.17, 15) is 0 Å². The topological polar surface area (TPSA) is 21.3 Å². The van der Waals surface area contributed by atoms with Gasteiger partial charge >= 0.3 is 0 Å². The summed E-state index contributed by atoms with van der Waals surface area (Å²) in [5.41, 5.74) is 1.70. The van der Waals surface area contributed by atoms with Gasteiger partial charge in [0, 0.05) is 5.54 Å². The highest BCUT2D eigenvalue weighted by Gasteiger charge is 2.30. The molecule has 2 aliphatic heterocycles. The first-order chi connectivity index (χ1) is 6.81. The molecule has 0 aromatic heterocycles. The van der Waals surface area contributed by atoms with Crippen LogP contribution in [0.4, 0.5) is 0 Å². The zero-order chi connectivity index (χ0) is 9.86. The summed E-state index contributed by atoms with van der Waals surface area (Å²) in [5.74, 6) is 0. The maximum absolute atomic E-state index is 5.44. The molecule has 0 aromatic carbocycles. The molecule has 2 heterocycles. The highest BCUT2D eigenvalue weighted by atomic mass is 16.5. The standard InChI is InChI=1S/C12H21NO/c1-12(7-3-2-4-8-13-12)11-6-5-9-14-10-11/h10,13H,2-9H2,1H3. The van der Waals surface area contributed by atoms with Crippen molar-refractivity contribution in [1.29, 1.82) is 0 Å². The molecule has 1 atom stereocenters. The first kappa shape index (κ1) is 10.0. The van der Waals surface area contributed by atoms with Gasteiger partial charge in [0.15, 0.2) is 0 Å². The highest BCUT2D eigenvalue weighted by Crippen LogP contribution is 2.30. The molecular weight excluding hydrogens is 174 g/mol. The lowest BCUT2D eigenvalue weighted by atomic mass is 9.85. The van der Waals surface area contributed by atoms with Crippen molar-refractivity contribution in [3.8, 4) is 0 Å². The van der Waals surface area contributed by atoms with Gasteiger partial charge in [0.1, 0.15) is 0 Å². The monoisotopic (exact) mass is 195 g/mol. The first-order valence-corrected chi connectivity index (χ1v) is 5.87. The van der Waals surface area contributed by atoms with Gasteiger partial charge in [-0.3, -0.25) is 0 Å². The molecule has 2 aliphatic rings. The van der Waals surface area contributed by atoms with Crippen LogP contribution in [0.25, 0.3) is 0 Å². The fourth-order valence-corrected chi connectivity index (χ4v) is 2.48. The molecule has 0 aromatic rings. The van der Waals surface area contributed by atoms with Crippen molar-refractivity contribution in [3.05, 3.63) is 11.8 Å². The van der Waals surface area contributed by atoms with Gasteiger partial charge in [-0.05, 0) is 44.7 Å². The smallest absolute Gasteiger partial charge is 0.0876 e. The predicted octanol–water partition coefficient (Wildman–Crippen LogP) is 2.60. The molecule has 1 saturated heterocycles. The highest BCUT2D eigenvalue weighted by molar-refractivity contribution is 5.18. The predicted molar refractivity (Wildman–Crippen MR) is 58.1 cm³/mol. The summed E-state index contributed by atoms with van der Waals surface area (Å²) in [6.45, 7) is 4.40. The Balaban J connectivity index is 2.07. The van der Waals surface area contributed by atoms with Crippen molar-refractivity contribution < 1.29 is 4.74 Å². The number of hydrogen-bond donors (Lipinski definition) is 1. The summed E-state index contributed by atoms with van der Waals surface area (Å²) in [6, 6.07) is 0. The van der Waals surface area contributed by atoms with Crippen LogP contribution in [0.5, 0.6) is 0 Å². The Bertz CT molecular complexity index is 214. The maximum Gasteiger partial charge on any atom is 0.0876 e. The minimum absolute atomic E-state index is 0.219. The fourth-order valence-electron chi connectivity index (χ4n) is 2.48. The van der Waals surface area contributed by atoms with Crippen molar-refractivity contribution in [2.24, 2.45) is 0 Å². The zero-order valence-electron chi connectivity index (χ0n) is 9.14. The lowest BCUT2D eigenvalue weighted by Crippen LogP contribution is -2.44. The van der Waals surface area contributed by atoms with E-state index in [1.807, 2.05) is 6.26 Å². The second-order valence-electron chi connectivity index (χ2n) is 4.69. The van der Waals surface area contributed by atoms with E-state index in [-0.39, 0.29) is 5.54 Å². The molecule has 1 fully saturated rings. The van der Waals surface area contributed by atoms with Crippen LogP contribution in [0.15, 0.2) is 11.8 Å². The summed E-state index contributed by atoms with van der Waals surface area (Å²) in [7, 11) is 0. The molecule has 80 valence electrons. The van der Waals surface area contributed by atoms with Gasteiger partial charge in [-0.15, -0.1) is 0 Å². The van der Waals surface area contributed by atoms with Gasteiger partial charge in [0.25, 0.3) is 0 Å². The summed E-state index contributed by atoms with van der Waals surface area (Å²) in [4.78, 5) is 0. The van der Waals surface area contributed by atoms with E-state index < -0.39 is 0 Å². The number of nitrogens with one attached hydrogen (secondary N) is 1. The molecule has 0 saturated carbocycles. The van der Waals surface area contributed by atoms with Crippen molar-refractivity contribution in [2.45, 2.75) is 51.0 Å². The second kappa shape index (κ2) is 4.35. The first-order valence-electron chi connectivity index (χ1n) is 5.87. The molecule has 0 bridgehead atoms. The Kier molecular flexibility index (Phi) is 3.12. The molecule has 2 nitrogen and oxygen atoms in total. The van der Waals surface area contributed by atoms with E-state index >= 15 is 0 Å². The number of rotatable bonds is 1. The molecule has 2 heteroatoms. The molecule has 14 heavy (non-hydrogen) atoms. The lowest BCUT2D eigenvalue weighted by molar-refractivity contribution is 0.209. The second-order valence-corrected chi connectivity index (χ2v) is 4.69. The van der Waals surface area contributed by atoms with E-state index in [0.29, 0.717) is 0 Å². The van der Waals surface area contributed by atoms with Gasteiger partial charge in [-0.2, -0.15) is 0 Å². The minimum atomic E-state index is 0.219. The van der Waals surface area contributed by atoms with Crippen LogP contribution in [0.2, 0.25) is 0 Å². The third kappa shape index (κ3) is 2.11. The molecule has 0 spiro atoms. The van der Waals surface area contributed by atoms with Crippen LogP contribution in [-0.2, 0) is 4.74 Å². The summed E-state index contributed by atoms with van der Waals surface area (Å²) in [5, 5.41) is 3.68. The lowest BCUT2D eigenvalue weighted by Gasteiger charge is -2.33. The Morgan fingerprint density at radius 1 is 1.29 bits per heavy atom. The van der Waals surface area contributed by atoms with E-state index in [2.05, 4.69) is 12.2 Å². The molecular formula is C12H21NO. The Morgan fingerprint density at radius 2 is 2.21 bits per heavy atom. The van der Waals surface area contributed by atoms with Crippen LogP contribution in [0, 0.1) is 0 Å². The van der Waals surface area contributed by atoms with Gasteiger partial charge in [0.05, 0.1) is 12.9 Å². The van der Waals surface area contributed by atoms with E-state index in [0.717, 1.165) is 13.2 Å². The molecule has 0 amide bonds. The van der Waals surface area contributed by atoms with E-state index in [4.69, 9.17) is 4.74 Å². The van der Waals surface area contributed by atoms with Gasteiger partial charge in [0.2, 0.25) is 0 Å². The molecule has 2 rings (SSSR count). The van der Waals surface area contributed by atoms with Crippen LogP contribution in [0.1, 0.15) is 45.4 Å². The third-order valence-electron chi connectivity index (χ3n) is 3.51. The van der Waals surface area contributed by atoms with Gasteiger partial charge in [-0.1, -0.05) is 12.8 Å². The fraction of sp³-hybridized carbons (Fsp3) is 0.833. The van der Waals surface area contributed by atoms with Gasteiger partial charge < -0.3 is 10.1 Å². The van der Waals surface area contributed by atoms with Crippen LogP contribution < -0.4 is 5.32 Å². The summed E-state index contributed by atoms with van der Waals surface area (Å²) in [6.07, 6.45) is 9.71. The van der Waals surface area contributed by atoms with Crippen LogP contribution >= 0.6 is 0 Å². The van der Waals surface area contributed by atoms with Crippen molar-refractivity contribution in [2.75, 3.05) is 13.2 Å². The number of hydrogen-bond acceptors (Lipinski definition) is 2. The SMILES string of the molecule is CC1(C2=COCCC2)CCCCCN1. The minimum Gasteiger partial charge on any atom is -0.501 e. The van der Waals surface area contributed by atoms with Crippen molar-refractivity contribution in [1.82, 2.24) is 5.32 Å². The zero-order valence-corrected chi connectivity index (χ0v) is 9.14. The molecule has 0 aliphatic carbocycles. The van der Waals surface area contributed by atoms with Crippen LogP contribution in [-0.4, -0.2) is 18.7 Å². The molecule has 1 N–H and O–H groups in total. The van der Waals surface area contributed by atoms with Crippen LogP contribution in [0.3, 0.4) is 0 Å². The summed E-state index contributed by atoms with van der Waals surface area (Å²) < 4.78 is 5.44. The van der Waals surface area contributed by atoms with Crippen molar-refractivity contribution >= 4 is 0 Å². The average molecular weight is 195 g/mol. The summed E-state index contributed by atoms with van der Waals surface area (Å²) >= 11 is 0. The average Bonchev–Trinajstić information content (AvgIpc) is 2.46. The maximum atomic E-state index is 5.44. The van der Waals surface area contributed by atoms with Crippen molar-refractivity contribution in [3.63, 3.8) is 0 Å². The largest absolute Gasteiger partial charge is 0.501 e. The Labute approximate surface area is 86.7 Å².